The summed E-state index contributed by atoms with van der Waals surface area (Å²) in [4.78, 5) is 18.4. The molecule has 1 saturated carbocycles. The maximum absolute atomic E-state index is 14.1. The van der Waals surface area contributed by atoms with Crippen LogP contribution in [0.15, 0.2) is 30.5 Å². The molecule has 3 heterocycles. The number of pyridine rings is 1. The molecule has 192 valence electrons. The first-order valence-electron chi connectivity index (χ1n) is 12.4. The number of aromatic nitrogens is 3. The molecule has 1 atom stereocenters. The van der Waals surface area contributed by atoms with Crippen LogP contribution in [0.5, 0.6) is 0 Å². The Morgan fingerprint density at radius 3 is 2.47 bits per heavy atom. The van der Waals surface area contributed by atoms with Gasteiger partial charge in [-0.3, -0.25) is 9.88 Å². The van der Waals surface area contributed by atoms with Crippen LogP contribution in [0.25, 0.3) is 11.0 Å². The predicted molar refractivity (Wildman–Crippen MR) is 134 cm³/mol. The van der Waals surface area contributed by atoms with E-state index < -0.39 is 23.3 Å². The minimum absolute atomic E-state index is 0.334. The molecule has 1 aromatic carbocycles. The summed E-state index contributed by atoms with van der Waals surface area (Å²) in [6.07, 6.45) is 3.79. The van der Waals surface area contributed by atoms with Gasteiger partial charge in [0.2, 0.25) is 0 Å². The second-order valence-corrected chi connectivity index (χ2v) is 10.3. The van der Waals surface area contributed by atoms with Gasteiger partial charge in [0.1, 0.15) is 23.3 Å². The van der Waals surface area contributed by atoms with Crippen LogP contribution in [0.2, 0.25) is 0 Å². The van der Waals surface area contributed by atoms with Crippen molar-refractivity contribution in [2.75, 3.05) is 36.4 Å². The fourth-order valence-electron chi connectivity index (χ4n) is 4.55. The van der Waals surface area contributed by atoms with Gasteiger partial charge in [-0.05, 0) is 45.2 Å². The molecule has 10 heteroatoms. The third kappa shape index (κ3) is 5.25. The number of nitrogens with one attached hydrogen (secondary N) is 1. The van der Waals surface area contributed by atoms with Crippen LogP contribution in [0.3, 0.4) is 0 Å². The first-order valence-corrected chi connectivity index (χ1v) is 12.4. The first kappa shape index (κ1) is 24.7. The fourth-order valence-corrected chi connectivity index (χ4v) is 4.55. The number of hydrogen-bond donors (Lipinski definition) is 3. The van der Waals surface area contributed by atoms with Crippen LogP contribution < -0.4 is 10.2 Å². The highest BCUT2D eigenvalue weighted by atomic mass is 19.1. The molecule has 0 bridgehead atoms. The Kier molecular flexibility index (Phi) is 6.76. The number of halogens is 2. The van der Waals surface area contributed by atoms with E-state index in [9.17, 15) is 19.0 Å². The van der Waals surface area contributed by atoms with Crippen molar-refractivity contribution in [3.05, 3.63) is 53.4 Å². The third-order valence-electron chi connectivity index (χ3n) is 7.03. The van der Waals surface area contributed by atoms with Crippen LogP contribution in [-0.2, 0) is 6.54 Å². The van der Waals surface area contributed by atoms with Gasteiger partial charge in [0.15, 0.2) is 11.6 Å². The summed E-state index contributed by atoms with van der Waals surface area (Å²) in [5.74, 6) is 0.345. The average molecular weight is 499 g/mol. The highest BCUT2D eigenvalue weighted by molar-refractivity contribution is 5.80. The molecule has 0 radical (unpaired) electrons. The van der Waals surface area contributed by atoms with Crippen molar-refractivity contribution in [1.82, 2.24) is 19.9 Å². The van der Waals surface area contributed by atoms with Crippen LogP contribution in [-0.4, -0.2) is 67.9 Å². The molecular formula is C26H32F2N6O2. The molecule has 2 aliphatic rings. The summed E-state index contributed by atoms with van der Waals surface area (Å²) in [6, 6.07) is 5.75. The summed E-state index contributed by atoms with van der Waals surface area (Å²) >= 11 is 0. The van der Waals surface area contributed by atoms with Gasteiger partial charge in [-0.25, -0.2) is 18.7 Å². The fraction of sp³-hybridized carbons (Fsp3) is 0.500. The van der Waals surface area contributed by atoms with Gasteiger partial charge in [-0.2, -0.15) is 0 Å². The molecule has 8 nitrogen and oxygen atoms in total. The van der Waals surface area contributed by atoms with Gasteiger partial charge in [0.25, 0.3) is 0 Å². The highest BCUT2D eigenvalue weighted by Gasteiger charge is 2.29. The van der Waals surface area contributed by atoms with E-state index >= 15 is 0 Å². The van der Waals surface area contributed by atoms with Gasteiger partial charge < -0.3 is 20.4 Å². The number of benzene rings is 1. The van der Waals surface area contributed by atoms with Crippen LogP contribution in [0, 0.1) is 11.6 Å². The van der Waals surface area contributed by atoms with Crippen LogP contribution >= 0.6 is 0 Å². The number of piperazine rings is 1. The number of aliphatic hydroxyl groups excluding tert-OH is 1. The van der Waals surface area contributed by atoms with Gasteiger partial charge in [-0.15, -0.1) is 0 Å². The molecule has 5 rings (SSSR count). The molecule has 1 unspecified atom stereocenters. The predicted octanol–water partition coefficient (Wildman–Crippen LogP) is 3.39. The lowest BCUT2D eigenvalue weighted by atomic mass is 9.93. The van der Waals surface area contributed by atoms with E-state index in [1.807, 2.05) is 0 Å². The zero-order chi connectivity index (χ0) is 25.4. The van der Waals surface area contributed by atoms with Gasteiger partial charge >= 0.3 is 0 Å². The van der Waals surface area contributed by atoms with Gasteiger partial charge in [-0.1, -0.05) is 6.07 Å². The van der Waals surface area contributed by atoms with E-state index in [-0.39, 0.29) is 0 Å². The number of anilines is 2. The topological polar surface area (TPSA) is 97.6 Å². The van der Waals surface area contributed by atoms with Crippen molar-refractivity contribution in [3.63, 3.8) is 0 Å². The zero-order valence-electron chi connectivity index (χ0n) is 20.6. The van der Waals surface area contributed by atoms with E-state index in [0.29, 0.717) is 66.9 Å². The first-order chi connectivity index (χ1) is 17.2. The molecule has 1 aliphatic carbocycles. The summed E-state index contributed by atoms with van der Waals surface area (Å²) in [6.45, 7) is 6.21. The number of rotatable bonds is 7. The second-order valence-electron chi connectivity index (χ2n) is 10.3. The second kappa shape index (κ2) is 9.84. The minimum Gasteiger partial charge on any atom is -0.387 e. The average Bonchev–Trinajstić information content (AvgIpc) is 2.82. The number of nitrogens with zero attached hydrogens (tertiary/aromatic N) is 5. The van der Waals surface area contributed by atoms with Crippen molar-refractivity contribution in [3.8, 4) is 0 Å². The Hall–Kier alpha value is -2.95. The Balaban J connectivity index is 1.38. The summed E-state index contributed by atoms with van der Waals surface area (Å²) in [7, 11) is 0. The summed E-state index contributed by atoms with van der Waals surface area (Å²) < 4.78 is 27.4. The zero-order valence-corrected chi connectivity index (χ0v) is 20.6. The normalized spacial score (nSPS) is 18.3. The molecule has 0 spiro atoms. The molecule has 2 fully saturated rings. The lowest BCUT2D eigenvalue weighted by Gasteiger charge is -2.37. The maximum atomic E-state index is 14.1. The summed E-state index contributed by atoms with van der Waals surface area (Å²) in [5.41, 5.74) is 0.670. The maximum Gasteiger partial charge on any atom is 0.172 e. The summed E-state index contributed by atoms with van der Waals surface area (Å²) in [5, 5.41) is 24.2. The molecule has 2 aromatic heterocycles. The van der Waals surface area contributed by atoms with E-state index in [1.165, 1.54) is 32.4 Å². The van der Waals surface area contributed by atoms with E-state index in [0.717, 1.165) is 24.7 Å². The molecule has 3 aromatic rings. The monoisotopic (exact) mass is 498 g/mol. The molecule has 36 heavy (non-hydrogen) atoms. The van der Waals surface area contributed by atoms with E-state index in [4.69, 9.17) is 9.97 Å². The smallest absolute Gasteiger partial charge is 0.172 e. The lowest BCUT2D eigenvalue weighted by molar-refractivity contribution is -0.0516. The number of aliphatic hydroxyl groups is 2. The molecule has 1 saturated heterocycles. The Morgan fingerprint density at radius 1 is 1.08 bits per heavy atom. The van der Waals surface area contributed by atoms with Gasteiger partial charge in [0.05, 0.1) is 23.0 Å². The highest BCUT2D eigenvalue weighted by Crippen LogP contribution is 2.32. The standard InChI is InChI=1S/C26H32F2N6O2/c1-26(2,36)23(35)21-13-20-22(14-29-21)31-24(30-18-4-3-5-18)25(32-20)34-10-8-33(9-11-34)15-16-6-7-17(27)12-19(16)28/h6-7,12-14,18,23,35-36H,3-5,8-11,15H2,1-2H3,(H,30,31). The Labute approximate surface area is 209 Å². The van der Waals surface area contributed by atoms with Gasteiger partial charge in [0, 0.05) is 50.4 Å². The molecule has 3 N–H and O–H groups in total. The molecular weight excluding hydrogens is 466 g/mol. The minimum atomic E-state index is -1.34. The van der Waals surface area contributed by atoms with Crippen LogP contribution in [0.4, 0.5) is 20.4 Å². The van der Waals surface area contributed by atoms with Crippen molar-refractivity contribution < 1.29 is 19.0 Å². The molecule has 1 aliphatic heterocycles. The lowest BCUT2D eigenvalue weighted by Crippen LogP contribution is -2.46. The van der Waals surface area contributed by atoms with Crippen molar-refractivity contribution in [2.24, 2.45) is 0 Å². The van der Waals surface area contributed by atoms with E-state index in [1.54, 1.807) is 12.3 Å². The molecule has 0 amide bonds. The quantitative estimate of drug-likeness (QED) is 0.456. The Morgan fingerprint density at radius 2 is 1.83 bits per heavy atom. The number of fused-ring (bicyclic) bond motifs is 1. The SMILES string of the molecule is CC(C)(O)C(O)c1cc2nc(N3CCN(Cc4ccc(F)cc4F)CC3)c(NC3CCC3)nc2cn1. The van der Waals surface area contributed by atoms with Crippen LogP contribution in [0.1, 0.15) is 50.5 Å². The van der Waals surface area contributed by atoms with Crippen molar-refractivity contribution in [1.29, 1.82) is 0 Å². The largest absolute Gasteiger partial charge is 0.387 e. The van der Waals surface area contributed by atoms with Crippen molar-refractivity contribution >= 4 is 22.7 Å². The van der Waals surface area contributed by atoms with E-state index in [2.05, 4.69) is 20.1 Å². The number of hydrogen-bond acceptors (Lipinski definition) is 8. The third-order valence-corrected chi connectivity index (χ3v) is 7.03. The Bertz CT molecular complexity index is 1240. The van der Waals surface area contributed by atoms with Crippen molar-refractivity contribution in [2.45, 2.75) is 57.4 Å².